The van der Waals surface area contributed by atoms with Crippen molar-refractivity contribution < 1.29 is 0 Å². The standard InChI is InChI=1S/C13H20N2O/c1-9(2)3-6-12-14-11(7-10-4-5-10)8-13(16)15-12/h8-10H,3-7H2,1-2H3,(H,14,15,16). The molecule has 2 rings (SSSR count). The van der Waals surface area contributed by atoms with Crippen LogP contribution in [0.4, 0.5) is 0 Å². The van der Waals surface area contributed by atoms with E-state index in [0.29, 0.717) is 5.92 Å². The second-order valence-corrected chi connectivity index (χ2v) is 5.26. The maximum absolute atomic E-state index is 11.5. The summed E-state index contributed by atoms with van der Waals surface area (Å²) in [7, 11) is 0. The maximum atomic E-state index is 11.5. The molecule has 0 aromatic carbocycles. The zero-order chi connectivity index (χ0) is 11.5. The lowest BCUT2D eigenvalue weighted by Crippen LogP contribution is -2.13. The minimum atomic E-state index is 0.00408. The van der Waals surface area contributed by atoms with Gasteiger partial charge < -0.3 is 4.98 Å². The minimum absolute atomic E-state index is 0.00408. The Morgan fingerprint density at radius 1 is 1.50 bits per heavy atom. The van der Waals surface area contributed by atoms with Crippen LogP contribution in [0.15, 0.2) is 10.9 Å². The van der Waals surface area contributed by atoms with Gasteiger partial charge in [0.15, 0.2) is 0 Å². The van der Waals surface area contributed by atoms with E-state index >= 15 is 0 Å². The molecule has 3 nitrogen and oxygen atoms in total. The van der Waals surface area contributed by atoms with Crippen molar-refractivity contribution in [3.05, 3.63) is 27.9 Å². The number of hydrogen-bond acceptors (Lipinski definition) is 2. The van der Waals surface area contributed by atoms with Crippen molar-refractivity contribution in [3.63, 3.8) is 0 Å². The molecule has 0 atom stereocenters. The first kappa shape index (κ1) is 11.4. The molecule has 0 bridgehead atoms. The van der Waals surface area contributed by atoms with E-state index in [1.54, 1.807) is 6.07 Å². The summed E-state index contributed by atoms with van der Waals surface area (Å²) in [5, 5.41) is 0. The number of nitrogens with one attached hydrogen (secondary N) is 1. The van der Waals surface area contributed by atoms with Gasteiger partial charge in [0, 0.05) is 18.2 Å². The number of aromatic nitrogens is 2. The summed E-state index contributed by atoms with van der Waals surface area (Å²) in [6, 6.07) is 1.65. The summed E-state index contributed by atoms with van der Waals surface area (Å²) in [4.78, 5) is 18.8. The normalized spacial score (nSPS) is 15.7. The SMILES string of the molecule is CC(C)CCc1nc(CC2CC2)cc(=O)[nH]1. The van der Waals surface area contributed by atoms with Crippen LogP contribution in [-0.4, -0.2) is 9.97 Å². The van der Waals surface area contributed by atoms with Crippen molar-refractivity contribution in [3.8, 4) is 0 Å². The summed E-state index contributed by atoms with van der Waals surface area (Å²) < 4.78 is 0. The fourth-order valence-corrected chi connectivity index (χ4v) is 1.83. The molecular weight excluding hydrogens is 200 g/mol. The van der Waals surface area contributed by atoms with Crippen LogP contribution in [-0.2, 0) is 12.8 Å². The van der Waals surface area contributed by atoms with Crippen molar-refractivity contribution in [2.75, 3.05) is 0 Å². The zero-order valence-corrected chi connectivity index (χ0v) is 10.1. The molecule has 1 heterocycles. The molecule has 88 valence electrons. The van der Waals surface area contributed by atoms with E-state index in [-0.39, 0.29) is 5.56 Å². The highest BCUT2D eigenvalue weighted by Crippen LogP contribution is 2.31. The van der Waals surface area contributed by atoms with Gasteiger partial charge in [-0.2, -0.15) is 0 Å². The van der Waals surface area contributed by atoms with Crippen molar-refractivity contribution >= 4 is 0 Å². The van der Waals surface area contributed by atoms with E-state index in [0.717, 1.165) is 36.7 Å². The second-order valence-electron chi connectivity index (χ2n) is 5.26. The van der Waals surface area contributed by atoms with Gasteiger partial charge in [0.2, 0.25) is 0 Å². The number of rotatable bonds is 5. The molecule has 0 aliphatic heterocycles. The van der Waals surface area contributed by atoms with Gasteiger partial charge in [-0.15, -0.1) is 0 Å². The Balaban J connectivity index is 2.05. The molecule has 3 heteroatoms. The Hall–Kier alpha value is -1.12. The van der Waals surface area contributed by atoms with Crippen LogP contribution in [0.25, 0.3) is 0 Å². The minimum Gasteiger partial charge on any atom is -0.311 e. The van der Waals surface area contributed by atoms with E-state index in [1.807, 2.05) is 0 Å². The Morgan fingerprint density at radius 3 is 2.88 bits per heavy atom. The quantitative estimate of drug-likeness (QED) is 0.827. The van der Waals surface area contributed by atoms with Crippen molar-refractivity contribution in [1.82, 2.24) is 9.97 Å². The molecular formula is C13H20N2O. The molecule has 1 N–H and O–H groups in total. The highest BCUT2D eigenvalue weighted by molar-refractivity contribution is 5.05. The Bertz CT molecular complexity index is 405. The van der Waals surface area contributed by atoms with Gasteiger partial charge in [0.05, 0.1) is 0 Å². The molecule has 0 radical (unpaired) electrons. The number of aromatic amines is 1. The molecule has 1 aromatic rings. The first-order valence-electron chi connectivity index (χ1n) is 6.22. The van der Waals surface area contributed by atoms with Gasteiger partial charge in [0.1, 0.15) is 5.82 Å². The van der Waals surface area contributed by atoms with E-state index in [4.69, 9.17) is 0 Å². The summed E-state index contributed by atoms with van der Waals surface area (Å²) in [6.07, 6.45) is 5.55. The van der Waals surface area contributed by atoms with Gasteiger partial charge in [0.25, 0.3) is 5.56 Å². The first-order valence-corrected chi connectivity index (χ1v) is 6.22. The highest BCUT2D eigenvalue weighted by atomic mass is 16.1. The molecule has 1 fully saturated rings. The zero-order valence-electron chi connectivity index (χ0n) is 10.1. The third-order valence-electron chi connectivity index (χ3n) is 3.00. The number of nitrogens with zero attached hydrogens (tertiary/aromatic N) is 1. The number of aryl methyl sites for hydroxylation is 1. The van der Waals surface area contributed by atoms with Gasteiger partial charge in [-0.05, 0) is 37.5 Å². The second kappa shape index (κ2) is 4.81. The Morgan fingerprint density at radius 2 is 2.25 bits per heavy atom. The fraction of sp³-hybridized carbons (Fsp3) is 0.692. The van der Waals surface area contributed by atoms with E-state index in [2.05, 4.69) is 23.8 Å². The molecule has 0 unspecified atom stereocenters. The van der Waals surface area contributed by atoms with Crippen LogP contribution >= 0.6 is 0 Å². The van der Waals surface area contributed by atoms with Crippen molar-refractivity contribution in [1.29, 1.82) is 0 Å². The molecule has 1 saturated carbocycles. The average molecular weight is 220 g/mol. The van der Waals surface area contributed by atoms with E-state index < -0.39 is 0 Å². The first-order chi connectivity index (χ1) is 7.63. The van der Waals surface area contributed by atoms with Crippen LogP contribution in [0.1, 0.15) is 44.6 Å². The molecule has 0 amide bonds. The average Bonchev–Trinajstić information content (AvgIpc) is 2.98. The smallest absolute Gasteiger partial charge is 0.251 e. The molecule has 1 aliphatic rings. The monoisotopic (exact) mass is 220 g/mol. The highest BCUT2D eigenvalue weighted by Gasteiger charge is 2.22. The van der Waals surface area contributed by atoms with Crippen LogP contribution in [0.3, 0.4) is 0 Å². The molecule has 16 heavy (non-hydrogen) atoms. The van der Waals surface area contributed by atoms with Crippen LogP contribution in [0.5, 0.6) is 0 Å². The molecule has 0 spiro atoms. The third kappa shape index (κ3) is 3.47. The van der Waals surface area contributed by atoms with Gasteiger partial charge in [-0.1, -0.05) is 13.8 Å². The van der Waals surface area contributed by atoms with Crippen LogP contribution in [0.2, 0.25) is 0 Å². The lowest BCUT2D eigenvalue weighted by Gasteiger charge is -2.05. The predicted octanol–water partition coefficient (Wildman–Crippen LogP) is 2.31. The topological polar surface area (TPSA) is 45.8 Å². The number of hydrogen-bond donors (Lipinski definition) is 1. The fourth-order valence-electron chi connectivity index (χ4n) is 1.83. The molecule has 1 aliphatic carbocycles. The Kier molecular flexibility index (Phi) is 3.42. The van der Waals surface area contributed by atoms with Gasteiger partial charge in [-0.3, -0.25) is 4.79 Å². The summed E-state index contributed by atoms with van der Waals surface area (Å²) in [5.74, 6) is 2.29. The van der Waals surface area contributed by atoms with Gasteiger partial charge in [-0.25, -0.2) is 4.98 Å². The third-order valence-corrected chi connectivity index (χ3v) is 3.00. The van der Waals surface area contributed by atoms with Crippen molar-refractivity contribution in [2.45, 2.75) is 46.0 Å². The summed E-state index contributed by atoms with van der Waals surface area (Å²) in [6.45, 7) is 4.37. The van der Waals surface area contributed by atoms with E-state index in [9.17, 15) is 4.79 Å². The lowest BCUT2D eigenvalue weighted by molar-refractivity contribution is 0.571. The molecule has 0 saturated heterocycles. The van der Waals surface area contributed by atoms with Crippen molar-refractivity contribution in [2.24, 2.45) is 11.8 Å². The lowest BCUT2D eigenvalue weighted by atomic mass is 10.1. The summed E-state index contributed by atoms with van der Waals surface area (Å²) in [5.41, 5.74) is 0.981. The van der Waals surface area contributed by atoms with E-state index in [1.165, 1.54) is 12.8 Å². The number of H-pyrrole nitrogens is 1. The van der Waals surface area contributed by atoms with Crippen LogP contribution < -0.4 is 5.56 Å². The molecule has 1 aromatic heterocycles. The Labute approximate surface area is 96.3 Å². The van der Waals surface area contributed by atoms with Gasteiger partial charge >= 0.3 is 0 Å². The van der Waals surface area contributed by atoms with Crippen LogP contribution in [0, 0.1) is 11.8 Å². The largest absolute Gasteiger partial charge is 0.311 e. The summed E-state index contributed by atoms with van der Waals surface area (Å²) >= 11 is 0. The maximum Gasteiger partial charge on any atom is 0.251 e. The predicted molar refractivity (Wildman–Crippen MR) is 64.4 cm³/mol.